The number of carbonyl (C=O) groups excluding carboxylic acids is 2. The molecule has 0 fully saturated rings. The highest BCUT2D eigenvalue weighted by Gasteiger charge is 2.37. The van der Waals surface area contributed by atoms with Crippen LogP contribution in [-0.4, -0.2) is 18.8 Å². The molecular weight excluding hydrogens is 416 g/mol. The van der Waals surface area contributed by atoms with Crippen LogP contribution in [0.25, 0.3) is 0 Å². The second-order valence-corrected chi connectivity index (χ2v) is 6.68. The van der Waals surface area contributed by atoms with Gasteiger partial charge in [0.15, 0.2) is 5.78 Å². The van der Waals surface area contributed by atoms with Crippen molar-refractivity contribution in [2.45, 2.75) is 26.2 Å². The molecular formula is C20H17F6NO3. The van der Waals surface area contributed by atoms with Gasteiger partial charge in [0.2, 0.25) is 0 Å². The predicted molar refractivity (Wildman–Crippen MR) is 96.6 cm³/mol. The number of amides is 1. The molecule has 2 aromatic rings. The Morgan fingerprint density at radius 2 is 1.43 bits per heavy atom. The van der Waals surface area contributed by atoms with Crippen LogP contribution < -0.4 is 10.1 Å². The van der Waals surface area contributed by atoms with E-state index >= 15 is 0 Å². The van der Waals surface area contributed by atoms with Crippen molar-refractivity contribution in [2.75, 3.05) is 12.4 Å². The number of carbonyl (C=O) groups is 2. The van der Waals surface area contributed by atoms with Gasteiger partial charge in [-0.15, -0.1) is 0 Å². The molecule has 2 rings (SSSR count). The lowest BCUT2D eigenvalue weighted by molar-refractivity contribution is -0.143. The molecule has 0 spiro atoms. The average molecular weight is 433 g/mol. The summed E-state index contributed by atoms with van der Waals surface area (Å²) < 4.78 is 83.0. The number of alkyl halides is 6. The van der Waals surface area contributed by atoms with Crippen LogP contribution in [0.5, 0.6) is 5.75 Å². The molecule has 0 aliphatic carbocycles. The van der Waals surface area contributed by atoms with Gasteiger partial charge in [-0.25, -0.2) is 0 Å². The monoisotopic (exact) mass is 433 g/mol. The smallest absolute Gasteiger partial charge is 0.416 e. The van der Waals surface area contributed by atoms with Crippen LogP contribution in [0.15, 0.2) is 36.4 Å². The van der Waals surface area contributed by atoms with Crippen LogP contribution in [0.1, 0.15) is 45.7 Å². The molecule has 0 aromatic heterocycles. The third-order valence-electron chi connectivity index (χ3n) is 4.10. The molecule has 0 saturated carbocycles. The van der Waals surface area contributed by atoms with E-state index in [1.807, 2.05) is 5.32 Å². The summed E-state index contributed by atoms with van der Waals surface area (Å²) in [5.41, 5.74) is -3.90. The van der Waals surface area contributed by atoms with Gasteiger partial charge in [-0.2, -0.15) is 26.3 Å². The number of nitrogens with one attached hydrogen (secondary N) is 1. The minimum atomic E-state index is -5.05. The van der Waals surface area contributed by atoms with Gasteiger partial charge in [0.1, 0.15) is 5.75 Å². The fourth-order valence-electron chi connectivity index (χ4n) is 2.60. The largest absolute Gasteiger partial charge is 0.496 e. The van der Waals surface area contributed by atoms with E-state index in [4.69, 9.17) is 4.74 Å². The SMILES string of the molecule is COc1ccc(C(=O)C(C)C)cc1C(=O)Nc1cc(C(F)(F)F)cc(C(F)(F)F)c1. The molecule has 0 aliphatic rings. The van der Waals surface area contributed by atoms with Gasteiger partial charge in [-0.05, 0) is 36.4 Å². The van der Waals surface area contributed by atoms with Crippen molar-refractivity contribution < 1.29 is 40.7 Å². The lowest BCUT2D eigenvalue weighted by Crippen LogP contribution is -2.17. The lowest BCUT2D eigenvalue weighted by atomic mass is 9.98. The lowest BCUT2D eigenvalue weighted by Gasteiger charge is -2.16. The quantitative estimate of drug-likeness (QED) is 0.477. The first kappa shape index (κ1) is 23.2. The van der Waals surface area contributed by atoms with Gasteiger partial charge >= 0.3 is 12.4 Å². The van der Waals surface area contributed by atoms with Gasteiger partial charge in [0.05, 0.1) is 23.8 Å². The standard InChI is InChI=1S/C20H17F6NO3/c1-10(2)17(28)11-4-5-16(30-3)15(6-11)18(29)27-14-8-12(19(21,22)23)7-13(9-14)20(24,25)26/h4-10H,1-3H3,(H,27,29). The number of halogens is 6. The molecule has 0 unspecified atom stereocenters. The van der Waals surface area contributed by atoms with Crippen molar-refractivity contribution in [1.82, 2.24) is 0 Å². The Hall–Kier alpha value is -3.04. The maximum Gasteiger partial charge on any atom is 0.416 e. The minimum absolute atomic E-state index is 0.00386. The number of benzene rings is 2. The second kappa shape index (κ2) is 8.37. The molecule has 0 aliphatic heterocycles. The fraction of sp³-hybridized carbons (Fsp3) is 0.300. The van der Waals surface area contributed by atoms with Gasteiger partial charge in [0, 0.05) is 17.2 Å². The van der Waals surface area contributed by atoms with E-state index in [2.05, 4.69) is 0 Å². The summed E-state index contributed by atoms with van der Waals surface area (Å²) in [6.07, 6.45) is -10.1. The Morgan fingerprint density at radius 3 is 1.87 bits per heavy atom. The molecule has 0 atom stereocenters. The third kappa shape index (κ3) is 5.31. The number of hydrogen-bond donors (Lipinski definition) is 1. The summed E-state index contributed by atoms with van der Waals surface area (Å²) in [5.74, 6) is -1.73. The Balaban J connectivity index is 2.49. The maximum atomic E-state index is 13.0. The fourth-order valence-corrected chi connectivity index (χ4v) is 2.60. The van der Waals surface area contributed by atoms with Crippen molar-refractivity contribution in [3.05, 3.63) is 58.7 Å². The van der Waals surface area contributed by atoms with Gasteiger partial charge < -0.3 is 10.1 Å². The molecule has 1 N–H and O–H groups in total. The normalized spacial score (nSPS) is 12.1. The molecule has 0 heterocycles. The van der Waals surface area contributed by atoms with Crippen molar-refractivity contribution in [3.8, 4) is 5.75 Å². The number of rotatable bonds is 5. The van der Waals surface area contributed by atoms with E-state index in [9.17, 15) is 35.9 Å². The Morgan fingerprint density at radius 1 is 0.900 bits per heavy atom. The van der Waals surface area contributed by atoms with Crippen LogP contribution in [0, 0.1) is 5.92 Å². The number of hydrogen-bond acceptors (Lipinski definition) is 3. The minimum Gasteiger partial charge on any atom is -0.496 e. The molecule has 30 heavy (non-hydrogen) atoms. The summed E-state index contributed by atoms with van der Waals surface area (Å²) in [4.78, 5) is 24.8. The van der Waals surface area contributed by atoms with Gasteiger partial charge in [0.25, 0.3) is 5.91 Å². The van der Waals surface area contributed by atoms with Gasteiger partial charge in [-0.1, -0.05) is 13.8 Å². The van der Waals surface area contributed by atoms with Crippen LogP contribution >= 0.6 is 0 Å². The number of ketones is 1. The first-order chi connectivity index (χ1) is 13.7. The molecule has 0 radical (unpaired) electrons. The number of ether oxygens (including phenoxy) is 1. The zero-order valence-electron chi connectivity index (χ0n) is 16.0. The average Bonchev–Trinajstić information content (AvgIpc) is 2.65. The van der Waals surface area contributed by atoms with Crippen LogP contribution in [0.3, 0.4) is 0 Å². The van der Waals surface area contributed by atoms with Crippen molar-refractivity contribution >= 4 is 17.4 Å². The maximum absolute atomic E-state index is 13.0. The van der Waals surface area contributed by atoms with E-state index in [0.29, 0.717) is 12.1 Å². The Kier molecular flexibility index (Phi) is 6.48. The third-order valence-corrected chi connectivity index (χ3v) is 4.10. The highest BCUT2D eigenvalue weighted by molar-refractivity contribution is 6.08. The van der Waals surface area contributed by atoms with Crippen LogP contribution in [-0.2, 0) is 12.4 Å². The van der Waals surface area contributed by atoms with Crippen molar-refractivity contribution in [2.24, 2.45) is 5.92 Å². The number of Topliss-reactive ketones (excluding diaryl/α,β-unsaturated/α-hetero) is 1. The zero-order valence-corrected chi connectivity index (χ0v) is 16.0. The second-order valence-electron chi connectivity index (χ2n) is 6.68. The molecule has 10 heteroatoms. The summed E-state index contributed by atoms with van der Waals surface area (Å²) in [5, 5.41) is 2.02. The van der Waals surface area contributed by atoms with Crippen molar-refractivity contribution in [3.63, 3.8) is 0 Å². The van der Waals surface area contributed by atoms with E-state index in [1.54, 1.807) is 13.8 Å². The first-order valence-electron chi connectivity index (χ1n) is 8.57. The van der Waals surface area contributed by atoms with E-state index in [-0.39, 0.29) is 28.7 Å². The number of methoxy groups -OCH3 is 1. The Bertz CT molecular complexity index is 932. The highest BCUT2D eigenvalue weighted by Crippen LogP contribution is 2.37. The molecule has 0 bridgehead atoms. The van der Waals surface area contributed by atoms with E-state index in [1.165, 1.54) is 25.3 Å². The van der Waals surface area contributed by atoms with Crippen LogP contribution in [0.2, 0.25) is 0 Å². The zero-order chi connectivity index (χ0) is 22.9. The van der Waals surface area contributed by atoms with E-state index in [0.717, 1.165) is 0 Å². The van der Waals surface area contributed by atoms with Gasteiger partial charge in [-0.3, -0.25) is 9.59 Å². The summed E-state index contributed by atoms with van der Waals surface area (Å²) in [6, 6.07) is 4.64. The highest BCUT2D eigenvalue weighted by atomic mass is 19.4. The molecule has 1 amide bonds. The topological polar surface area (TPSA) is 55.4 Å². The predicted octanol–water partition coefficient (Wildman–Crippen LogP) is 5.82. The first-order valence-corrected chi connectivity index (χ1v) is 8.57. The molecule has 2 aromatic carbocycles. The summed E-state index contributed by atoms with van der Waals surface area (Å²) in [7, 11) is 1.22. The number of anilines is 1. The summed E-state index contributed by atoms with van der Waals surface area (Å²) in [6.45, 7) is 3.27. The summed E-state index contributed by atoms with van der Waals surface area (Å²) >= 11 is 0. The molecule has 0 saturated heterocycles. The molecule has 162 valence electrons. The molecule has 4 nitrogen and oxygen atoms in total. The Labute approximate surface area is 167 Å². The van der Waals surface area contributed by atoms with Crippen LogP contribution in [0.4, 0.5) is 32.0 Å². The van der Waals surface area contributed by atoms with E-state index < -0.39 is 41.0 Å². The van der Waals surface area contributed by atoms with Crippen molar-refractivity contribution in [1.29, 1.82) is 0 Å².